The Morgan fingerprint density at radius 3 is 2.45 bits per heavy atom. The van der Waals surface area contributed by atoms with Gasteiger partial charge in [0.25, 0.3) is 5.91 Å². The van der Waals surface area contributed by atoms with Gasteiger partial charge >= 0.3 is 0 Å². The Kier molecular flexibility index (Phi) is 11.4. The number of hydrogen-bond donors (Lipinski definition) is 2. The number of nitrogens with zero attached hydrogens (tertiary/aromatic N) is 2. The third-order valence-corrected chi connectivity index (χ3v) is 7.74. The molecule has 0 radical (unpaired) electrons. The molecule has 2 heterocycles. The van der Waals surface area contributed by atoms with Crippen LogP contribution in [0, 0.1) is 0 Å². The highest BCUT2D eigenvalue weighted by Crippen LogP contribution is 2.44. The van der Waals surface area contributed by atoms with E-state index in [2.05, 4.69) is 61.3 Å². The molecule has 0 fully saturated rings. The van der Waals surface area contributed by atoms with E-state index in [0.29, 0.717) is 43.3 Å². The maximum atomic E-state index is 13.2. The Morgan fingerprint density at radius 2 is 1.79 bits per heavy atom. The summed E-state index contributed by atoms with van der Waals surface area (Å²) in [7, 11) is 0. The summed E-state index contributed by atoms with van der Waals surface area (Å²) in [6, 6.07) is 10.4. The SMILES string of the molecule is CCCCOc1cc(OCCCC)c(C(C)C)cc1-c1noc(C(=O)NCC)c1-c1ccc2c(c1)CCN(CCO)C2. The number of hydrogen-bond acceptors (Lipinski definition) is 7. The minimum atomic E-state index is -0.296. The van der Waals surface area contributed by atoms with Gasteiger partial charge in [-0.2, -0.15) is 0 Å². The van der Waals surface area contributed by atoms with Crippen molar-refractivity contribution in [2.75, 3.05) is 39.5 Å². The minimum Gasteiger partial charge on any atom is -0.493 e. The normalized spacial score (nSPS) is 13.3. The fraction of sp³-hybridized carbons (Fsp3) is 0.529. The van der Waals surface area contributed by atoms with Crippen LogP contribution in [-0.2, 0) is 13.0 Å². The number of fused-ring (bicyclic) bond motifs is 1. The van der Waals surface area contributed by atoms with Gasteiger partial charge in [0.2, 0.25) is 5.76 Å². The van der Waals surface area contributed by atoms with Gasteiger partial charge in [-0.05, 0) is 60.4 Å². The molecular weight excluding hydrogens is 530 g/mol. The molecule has 1 aromatic heterocycles. The van der Waals surface area contributed by atoms with E-state index < -0.39 is 0 Å². The lowest BCUT2D eigenvalue weighted by Gasteiger charge is -2.28. The van der Waals surface area contributed by atoms with E-state index in [1.165, 1.54) is 11.1 Å². The summed E-state index contributed by atoms with van der Waals surface area (Å²) in [5.41, 5.74) is 6.45. The van der Waals surface area contributed by atoms with Crippen molar-refractivity contribution in [1.82, 2.24) is 15.4 Å². The van der Waals surface area contributed by atoms with Gasteiger partial charge in [0.15, 0.2) is 0 Å². The second-order valence-electron chi connectivity index (χ2n) is 11.3. The van der Waals surface area contributed by atoms with E-state index in [0.717, 1.165) is 67.6 Å². The lowest BCUT2D eigenvalue weighted by atomic mass is 9.91. The maximum Gasteiger partial charge on any atom is 0.290 e. The summed E-state index contributed by atoms with van der Waals surface area (Å²) in [4.78, 5) is 15.5. The van der Waals surface area contributed by atoms with Gasteiger partial charge in [-0.3, -0.25) is 9.69 Å². The monoisotopic (exact) mass is 577 g/mol. The summed E-state index contributed by atoms with van der Waals surface area (Å²) < 4.78 is 18.4. The van der Waals surface area contributed by atoms with Crippen LogP contribution in [0.25, 0.3) is 22.4 Å². The van der Waals surface area contributed by atoms with E-state index >= 15 is 0 Å². The van der Waals surface area contributed by atoms with Gasteiger partial charge in [-0.1, -0.05) is 63.9 Å². The molecule has 42 heavy (non-hydrogen) atoms. The molecule has 0 spiro atoms. The Balaban J connectivity index is 1.87. The molecule has 1 aliphatic heterocycles. The number of rotatable bonds is 15. The number of aliphatic hydroxyl groups excluding tert-OH is 1. The molecule has 1 aliphatic rings. The fourth-order valence-electron chi connectivity index (χ4n) is 5.35. The summed E-state index contributed by atoms with van der Waals surface area (Å²) in [5, 5.41) is 16.8. The summed E-state index contributed by atoms with van der Waals surface area (Å²) in [5.74, 6) is 1.60. The van der Waals surface area contributed by atoms with E-state index in [9.17, 15) is 9.90 Å². The zero-order valence-corrected chi connectivity index (χ0v) is 25.9. The molecule has 8 nitrogen and oxygen atoms in total. The van der Waals surface area contributed by atoms with Crippen molar-refractivity contribution in [3.8, 4) is 33.9 Å². The van der Waals surface area contributed by atoms with Gasteiger partial charge in [-0.15, -0.1) is 0 Å². The number of carbonyl (C=O) groups is 1. The Bertz CT molecular complexity index is 1330. The molecule has 4 rings (SSSR count). The van der Waals surface area contributed by atoms with Gasteiger partial charge in [0.1, 0.15) is 17.2 Å². The first kappa shape index (κ1) is 31.6. The molecular formula is C34H47N3O5. The summed E-state index contributed by atoms with van der Waals surface area (Å²) in [6.07, 6.45) is 4.84. The first-order valence-corrected chi connectivity index (χ1v) is 15.6. The third kappa shape index (κ3) is 7.34. The molecule has 0 bridgehead atoms. The molecule has 2 aromatic carbocycles. The largest absolute Gasteiger partial charge is 0.493 e. The topological polar surface area (TPSA) is 97.1 Å². The van der Waals surface area contributed by atoms with Crippen LogP contribution >= 0.6 is 0 Å². The predicted octanol–water partition coefficient (Wildman–Crippen LogP) is 6.59. The van der Waals surface area contributed by atoms with Gasteiger partial charge in [0, 0.05) is 37.8 Å². The molecule has 8 heteroatoms. The van der Waals surface area contributed by atoms with E-state index in [4.69, 9.17) is 14.0 Å². The Morgan fingerprint density at radius 1 is 1.05 bits per heavy atom. The van der Waals surface area contributed by atoms with Crippen molar-refractivity contribution in [3.05, 3.63) is 52.8 Å². The van der Waals surface area contributed by atoms with Crippen LogP contribution in [0.5, 0.6) is 11.5 Å². The van der Waals surface area contributed by atoms with Crippen molar-refractivity contribution in [2.45, 2.75) is 79.2 Å². The first-order chi connectivity index (χ1) is 20.4. The number of nitrogens with one attached hydrogen (secondary N) is 1. The van der Waals surface area contributed by atoms with E-state index in [1.807, 2.05) is 19.1 Å². The van der Waals surface area contributed by atoms with Crippen LogP contribution in [0.15, 0.2) is 34.9 Å². The number of carbonyl (C=O) groups excluding carboxylic acids is 1. The van der Waals surface area contributed by atoms with E-state index in [-0.39, 0.29) is 24.2 Å². The van der Waals surface area contributed by atoms with Gasteiger partial charge in [0.05, 0.1) is 25.4 Å². The van der Waals surface area contributed by atoms with Crippen LogP contribution < -0.4 is 14.8 Å². The lowest BCUT2D eigenvalue weighted by Crippen LogP contribution is -2.32. The molecule has 228 valence electrons. The van der Waals surface area contributed by atoms with Crippen LogP contribution in [-0.4, -0.2) is 60.5 Å². The third-order valence-electron chi connectivity index (χ3n) is 7.74. The second-order valence-corrected chi connectivity index (χ2v) is 11.3. The average molecular weight is 578 g/mol. The molecule has 0 saturated heterocycles. The van der Waals surface area contributed by atoms with Crippen LogP contribution in [0.1, 0.15) is 93.5 Å². The molecule has 0 saturated carbocycles. The quantitative estimate of drug-likeness (QED) is 0.197. The van der Waals surface area contributed by atoms with E-state index in [1.54, 1.807) is 0 Å². The first-order valence-electron chi connectivity index (χ1n) is 15.6. The predicted molar refractivity (Wildman–Crippen MR) is 166 cm³/mol. The number of β-amino-alcohol motifs (C(OH)–C–C–N with tert-alkyl or cyclic N) is 1. The standard InChI is InChI=1S/C34H47N3O5/c1-6-9-17-40-29-21-30(41-18-10-7-2)28(20-27(29)23(4)5)32-31(33(42-36-32)34(39)35-8-3)25-11-12-26-22-37(15-16-38)14-13-24(26)19-25/h11-12,19-21,23,38H,6-10,13-18,22H2,1-5H3,(H,35,39). The van der Waals surface area contributed by atoms with Crippen molar-refractivity contribution in [2.24, 2.45) is 0 Å². The van der Waals surface area contributed by atoms with Crippen molar-refractivity contribution < 1.29 is 23.9 Å². The molecule has 3 aromatic rings. The summed E-state index contributed by atoms with van der Waals surface area (Å²) in [6.45, 7) is 14.7. The number of aromatic nitrogens is 1. The van der Waals surface area contributed by atoms with Crippen LogP contribution in [0.3, 0.4) is 0 Å². The average Bonchev–Trinajstić information content (AvgIpc) is 3.42. The highest BCUT2D eigenvalue weighted by Gasteiger charge is 2.29. The number of aliphatic hydroxyl groups is 1. The van der Waals surface area contributed by atoms with Crippen molar-refractivity contribution in [3.63, 3.8) is 0 Å². The van der Waals surface area contributed by atoms with Crippen molar-refractivity contribution in [1.29, 1.82) is 0 Å². The number of unbranched alkanes of at least 4 members (excludes halogenated alkanes) is 2. The number of benzene rings is 2. The molecule has 2 N–H and O–H groups in total. The second kappa shape index (κ2) is 15.2. The van der Waals surface area contributed by atoms with Gasteiger partial charge < -0.3 is 24.4 Å². The number of amides is 1. The Labute approximate surface area is 250 Å². The zero-order valence-electron chi connectivity index (χ0n) is 25.9. The highest BCUT2D eigenvalue weighted by molar-refractivity contribution is 6.02. The zero-order chi connectivity index (χ0) is 30.1. The van der Waals surface area contributed by atoms with Gasteiger partial charge in [-0.25, -0.2) is 0 Å². The maximum absolute atomic E-state index is 13.2. The van der Waals surface area contributed by atoms with Crippen molar-refractivity contribution >= 4 is 5.91 Å². The summed E-state index contributed by atoms with van der Waals surface area (Å²) >= 11 is 0. The molecule has 1 amide bonds. The fourth-order valence-corrected chi connectivity index (χ4v) is 5.35. The van der Waals surface area contributed by atoms with Crippen LogP contribution in [0.4, 0.5) is 0 Å². The number of ether oxygens (including phenoxy) is 2. The molecule has 0 atom stereocenters. The Hall–Kier alpha value is -3.36. The lowest BCUT2D eigenvalue weighted by molar-refractivity contribution is 0.0920. The highest BCUT2D eigenvalue weighted by atomic mass is 16.5. The molecule has 0 unspecified atom stereocenters. The smallest absolute Gasteiger partial charge is 0.290 e. The van der Waals surface area contributed by atoms with Crippen LogP contribution in [0.2, 0.25) is 0 Å². The minimum absolute atomic E-state index is 0.150. The molecule has 0 aliphatic carbocycles.